The van der Waals surface area contributed by atoms with Gasteiger partial charge in [-0.15, -0.1) is 22.7 Å². The van der Waals surface area contributed by atoms with E-state index in [1.54, 1.807) is 0 Å². The van der Waals surface area contributed by atoms with Crippen LogP contribution in [0.25, 0.3) is 128 Å². The van der Waals surface area contributed by atoms with E-state index in [1.807, 2.05) is 22.7 Å². The first-order valence-electron chi connectivity index (χ1n) is 20.6. The van der Waals surface area contributed by atoms with Crippen LogP contribution in [-0.2, 0) is 0 Å². The Kier molecular flexibility index (Phi) is 7.45. The lowest BCUT2D eigenvalue weighted by Crippen LogP contribution is -1.93. The standard InChI is InChI=1S/C58H34S2/c1-2-15-35(16-3-1)36-17-14-18-37(33-36)54-44-24-8-10-26-46(44)55(47-27-11-9-25-45(47)54)48-30-29-41(38-19-4-5-20-39(38)48)51-34-53-56(43-23-7-6-21-40(43)51)50-32-31-49-42-22-12-13-28-52(42)59-57(49)58(50)60-53/h1-34H. The summed E-state index contributed by atoms with van der Waals surface area (Å²) >= 11 is 3.87. The topological polar surface area (TPSA) is 0 Å². The van der Waals surface area contributed by atoms with Gasteiger partial charge in [0, 0.05) is 30.9 Å². The zero-order valence-corrected chi connectivity index (χ0v) is 34.1. The summed E-state index contributed by atoms with van der Waals surface area (Å²) in [5.74, 6) is 0. The van der Waals surface area contributed by atoms with Gasteiger partial charge < -0.3 is 0 Å². The van der Waals surface area contributed by atoms with Gasteiger partial charge in [-0.2, -0.15) is 0 Å². The van der Waals surface area contributed by atoms with Gasteiger partial charge >= 0.3 is 0 Å². The van der Waals surface area contributed by atoms with Gasteiger partial charge in [0.2, 0.25) is 0 Å². The zero-order chi connectivity index (χ0) is 39.3. The fourth-order valence-corrected chi connectivity index (χ4v) is 12.7. The van der Waals surface area contributed by atoms with Gasteiger partial charge in [-0.25, -0.2) is 0 Å². The van der Waals surface area contributed by atoms with Crippen LogP contribution in [0.2, 0.25) is 0 Å². The van der Waals surface area contributed by atoms with Crippen LogP contribution >= 0.6 is 22.7 Å². The van der Waals surface area contributed by atoms with Crippen molar-refractivity contribution < 1.29 is 0 Å². The minimum Gasteiger partial charge on any atom is -0.134 e. The Morgan fingerprint density at radius 3 is 1.43 bits per heavy atom. The van der Waals surface area contributed by atoms with Crippen LogP contribution in [0.1, 0.15) is 0 Å². The fourth-order valence-electron chi connectivity index (χ4n) is 10.1. The van der Waals surface area contributed by atoms with Gasteiger partial charge in [0.15, 0.2) is 0 Å². The highest BCUT2D eigenvalue weighted by molar-refractivity contribution is 7.33. The van der Waals surface area contributed by atoms with Crippen LogP contribution < -0.4 is 0 Å². The molecule has 60 heavy (non-hydrogen) atoms. The largest absolute Gasteiger partial charge is 0.134 e. The normalized spacial score (nSPS) is 12.0. The van der Waals surface area contributed by atoms with E-state index < -0.39 is 0 Å². The summed E-state index contributed by atoms with van der Waals surface area (Å²) in [6.07, 6.45) is 0. The fraction of sp³-hybridized carbons (Fsp3) is 0. The molecule has 0 saturated heterocycles. The minimum atomic E-state index is 1.22. The van der Waals surface area contributed by atoms with Gasteiger partial charge in [-0.1, -0.05) is 188 Å². The van der Waals surface area contributed by atoms with Crippen molar-refractivity contribution in [2.24, 2.45) is 0 Å². The molecule has 13 aromatic rings. The van der Waals surface area contributed by atoms with Crippen LogP contribution in [0.15, 0.2) is 206 Å². The lowest BCUT2D eigenvalue weighted by molar-refractivity contribution is 1.61. The molecule has 0 bridgehead atoms. The highest BCUT2D eigenvalue weighted by Gasteiger charge is 2.21. The molecule has 0 saturated carbocycles. The summed E-state index contributed by atoms with van der Waals surface area (Å²) in [7, 11) is 0. The monoisotopic (exact) mass is 794 g/mol. The predicted molar refractivity (Wildman–Crippen MR) is 264 cm³/mol. The van der Waals surface area contributed by atoms with Crippen molar-refractivity contribution in [1.82, 2.24) is 0 Å². The van der Waals surface area contributed by atoms with Crippen molar-refractivity contribution in [2.75, 3.05) is 0 Å². The third-order valence-electron chi connectivity index (χ3n) is 12.7. The van der Waals surface area contributed by atoms with Crippen LogP contribution in [0.5, 0.6) is 0 Å². The molecule has 2 heterocycles. The van der Waals surface area contributed by atoms with Gasteiger partial charge in [-0.05, 0) is 106 Å². The average molecular weight is 795 g/mol. The van der Waals surface area contributed by atoms with E-state index in [1.165, 1.54) is 128 Å². The summed E-state index contributed by atoms with van der Waals surface area (Å²) in [6, 6.07) is 76.7. The van der Waals surface area contributed by atoms with Crippen molar-refractivity contribution in [3.05, 3.63) is 206 Å². The number of hydrogen-bond acceptors (Lipinski definition) is 2. The Labute approximate surface area is 354 Å². The molecular formula is C58H34S2. The lowest BCUT2D eigenvalue weighted by atomic mass is 9.83. The molecule has 11 aromatic carbocycles. The highest BCUT2D eigenvalue weighted by atomic mass is 32.1. The summed E-state index contributed by atoms with van der Waals surface area (Å²) in [5.41, 5.74) is 10.0. The maximum absolute atomic E-state index is 2.48. The molecule has 0 nitrogen and oxygen atoms in total. The Balaban J connectivity index is 1.05. The molecule has 0 amide bonds. The predicted octanol–water partition coefficient (Wildman–Crippen LogP) is 17.7. The second-order valence-corrected chi connectivity index (χ2v) is 18.0. The Bertz CT molecular complexity index is 3830. The quantitative estimate of drug-likeness (QED) is 0.156. The van der Waals surface area contributed by atoms with E-state index in [2.05, 4.69) is 206 Å². The molecule has 0 spiro atoms. The molecular weight excluding hydrogens is 761 g/mol. The molecule has 0 aliphatic carbocycles. The van der Waals surface area contributed by atoms with E-state index in [9.17, 15) is 0 Å². The van der Waals surface area contributed by atoms with Gasteiger partial charge in [0.25, 0.3) is 0 Å². The number of benzene rings is 11. The average Bonchev–Trinajstić information content (AvgIpc) is 3.89. The van der Waals surface area contributed by atoms with Crippen molar-refractivity contribution in [3.8, 4) is 44.5 Å². The molecule has 0 atom stereocenters. The van der Waals surface area contributed by atoms with Crippen molar-refractivity contribution in [1.29, 1.82) is 0 Å². The summed E-state index contributed by atoms with van der Waals surface area (Å²) in [6.45, 7) is 0. The zero-order valence-electron chi connectivity index (χ0n) is 32.4. The molecule has 0 unspecified atom stereocenters. The highest BCUT2D eigenvalue weighted by Crippen LogP contribution is 2.50. The first-order valence-corrected chi connectivity index (χ1v) is 22.2. The molecule has 2 heteroatoms. The Hall–Kier alpha value is -7.10. The SMILES string of the molecule is c1ccc(-c2cccc(-c3c4ccccc4c(-c4ccc(-c5cc6sc7c(ccc8c9ccccc9sc87)c6c6ccccc56)c5ccccc45)c4ccccc34)c2)cc1. The smallest absolute Gasteiger partial charge is 0.0534 e. The number of fused-ring (bicyclic) bond motifs is 12. The molecule has 0 radical (unpaired) electrons. The van der Waals surface area contributed by atoms with Crippen LogP contribution in [0.4, 0.5) is 0 Å². The second kappa shape index (κ2) is 13.2. The minimum absolute atomic E-state index is 1.22. The van der Waals surface area contributed by atoms with Crippen LogP contribution in [-0.4, -0.2) is 0 Å². The van der Waals surface area contributed by atoms with Crippen molar-refractivity contribution in [3.63, 3.8) is 0 Å². The Morgan fingerprint density at radius 2 is 0.717 bits per heavy atom. The number of thiophene rings is 2. The maximum atomic E-state index is 2.48. The van der Waals surface area contributed by atoms with Gasteiger partial charge in [-0.3, -0.25) is 0 Å². The molecule has 0 aliphatic heterocycles. The summed E-state index contributed by atoms with van der Waals surface area (Å²) < 4.78 is 5.47. The maximum Gasteiger partial charge on any atom is 0.0534 e. The third-order valence-corrected chi connectivity index (χ3v) is 15.2. The second-order valence-electron chi connectivity index (χ2n) is 15.9. The van der Waals surface area contributed by atoms with Crippen molar-refractivity contribution >= 4 is 106 Å². The van der Waals surface area contributed by atoms with Gasteiger partial charge in [0.05, 0.1) is 9.40 Å². The Morgan fingerprint density at radius 1 is 0.233 bits per heavy atom. The van der Waals surface area contributed by atoms with E-state index in [4.69, 9.17) is 0 Å². The van der Waals surface area contributed by atoms with E-state index in [-0.39, 0.29) is 0 Å². The lowest BCUT2D eigenvalue weighted by Gasteiger charge is -2.20. The van der Waals surface area contributed by atoms with E-state index in [0.717, 1.165) is 0 Å². The third kappa shape index (κ3) is 4.96. The molecule has 278 valence electrons. The first-order chi connectivity index (χ1) is 29.8. The number of rotatable bonds is 4. The van der Waals surface area contributed by atoms with Gasteiger partial charge in [0.1, 0.15) is 0 Å². The molecule has 13 rings (SSSR count). The molecule has 2 aromatic heterocycles. The molecule has 0 fully saturated rings. The summed E-state index contributed by atoms with van der Waals surface area (Å²) in [4.78, 5) is 0. The van der Waals surface area contributed by atoms with E-state index in [0.29, 0.717) is 0 Å². The molecule has 0 N–H and O–H groups in total. The first kappa shape index (κ1) is 33.8. The molecule has 0 aliphatic rings. The van der Waals surface area contributed by atoms with Crippen LogP contribution in [0, 0.1) is 0 Å². The van der Waals surface area contributed by atoms with Crippen LogP contribution in [0.3, 0.4) is 0 Å². The van der Waals surface area contributed by atoms with E-state index >= 15 is 0 Å². The van der Waals surface area contributed by atoms with Crippen molar-refractivity contribution in [2.45, 2.75) is 0 Å². The summed E-state index contributed by atoms with van der Waals surface area (Å²) in [5, 5.41) is 15.6. The number of hydrogen-bond donors (Lipinski definition) is 0.